The van der Waals surface area contributed by atoms with Crippen LogP contribution in [0.25, 0.3) is 10.6 Å². The molecule has 154 valence electrons. The fourth-order valence-electron chi connectivity index (χ4n) is 3.67. The maximum Gasteiger partial charge on any atom is 0.184 e. The van der Waals surface area contributed by atoms with E-state index in [1.807, 2.05) is 30.1 Å². The Labute approximate surface area is 188 Å². The van der Waals surface area contributed by atoms with Crippen LogP contribution in [0.5, 0.6) is 0 Å². The number of halogens is 3. The second-order valence-corrected chi connectivity index (χ2v) is 9.60. The highest BCUT2D eigenvalue weighted by Gasteiger charge is 2.31. The van der Waals surface area contributed by atoms with E-state index in [9.17, 15) is 5.11 Å². The minimum atomic E-state index is -0.969. The van der Waals surface area contributed by atoms with Crippen LogP contribution in [0.4, 0.5) is 5.69 Å². The van der Waals surface area contributed by atoms with Gasteiger partial charge in [0.15, 0.2) is 6.23 Å². The van der Waals surface area contributed by atoms with Crippen molar-refractivity contribution in [1.82, 2.24) is 15.2 Å². The summed E-state index contributed by atoms with van der Waals surface area (Å²) < 4.78 is 0.701. The van der Waals surface area contributed by atoms with E-state index in [-0.39, 0.29) is 0 Å². The number of H-pyrrole nitrogens is 1. The molecule has 0 bridgehead atoms. The average Bonchev–Trinajstić information content (AvgIpc) is 3.30. The number of benzene rings is 1. The molecule has 1 saturated heterocycles. The van der Waals surface area contributed by atoms with Gasteiger partial charge >= 0.3 is 0 Å². The third kappa shape index (κ3) is 4.29. The van der Waals surface area contributed by atoms with E-state index < -0.39 is 6.23 Å². The quantitative estimate of drug-likeness (QED) is 0.428. The SMILES string of the molecule is Cc1c(-c2ccc(Cl)s2)n[nH]c1C(O)N(c1ccc(Cl)cc1Cl)N1CCCCC1. The summed E-state index contributed by atoms with van der Waals surface area (Å²) in [5.41, 5.74) is 3.00. The number of nitrogens with one attached hydrogen (secondary N) is 1. The Morgan fingerprint density at radius 3 is 2.55 bits per heavy atom. The smallest absolute Gasteiger partial charge is 0.184 e. The molecule has 5 nitrogen and oxygen atoms in total. The molecule has 3 heterocycles. The minimum absolute atomic E-state index is 0.490. The number of thiophene rings is 1. The van der Waals surface area contributed by atoms with Crippen LogP contribution in [-0.4, -0.2) is 33.4 Å². The van der Waals surface area contributed by atoms with Gasteiger partial charge in [-0.2, -0.15) is 5.10 Å². The number of piperidine rings is 1. The summed E-state index contributed by atoms with van der Waals surface area (Å²) in [4.78, 5) is 0.955. The van der Waals surface area contributed by atoms with Gasteiger partial charge < -0.3 is 5.11 Å². The van der Waals surface area contributed by atoms with Gasteiger partial charge in [0, 0.05) is 23.7 Å². The molecular formula is C20H21Cl3N4OS. The second-order valence-electron chi connectivity index (χ2n) is 7.04. The van der Waals surface area contributed by atoms with Gasteiger partial charge in [-0.15, -0.1) is 11.3 Å². The summed E-state index contributed by atoms with van der Waals surface area (Å²) in [6.07, 6.45) is 2.34. The molecule has 1 atom stereocenters. The standard InChI is InChI=1S/C20H21Cl3N4OS/c1-12-18(16-7-8-17(23)29-16)24-25-19(12)20(28)27(26-9-3-2-4-10-26)15-6-5-13(21)11-14(15)22/h5-8,11,20,28H,2-4,9-10H2,1H3,(H,24,25). The zero-order valence-electron chi connectivity index (χ0n) is 15.8. The van der Waals surface area contributed by atoms with E-state index in [4.69, 9.17) is 34.8 Å². The number of hydrazine groups is 1. The number of hydrogen-bond acceptors (Lipinski definition) is 5. The van der Waals surface area contributed by atoms with Crippen molar-refractivity contribution in [2.75, 3.05) is 18.1 Å². The molecule has 0 radical (unpaired) electrons. The number of aliphatic hydroxyl groups excluding tert-OH is 1. The van der Waals surface area contributed by atoms with Gasteiger partial charge in [0.1, 0.15) is 5.69 Å². The molecule has 1 aliphatic rings. The van der Waals surface area contributed by atoms with E-state index >= 15 is 0 Å². The Morgan fingerprint density at radius 1 is 1.14 bits per heavy atom. The molecule has 0 aliphatic carbocycles. The van der Waals surface area contributed by atoms with Crippen molar-refractivity contribution in [1.29, 1.82) is 0 Å². The highest BCUT2D eigenvalue weighted by atomic mass is 35.5. The van der Waals surface area contributed by atoms with Crippen LogP contribution in [0.2, 0.25) is 14.4 Å². The van der Waals surface area contributed by atoms with Gasteiger partial charge in [0.2, 0.25) is 0 Å². The number of aromatic nitrogens is 2. The fraction of sp³-hybridized carbons (Fsp3) is 0.350. The van der Waals surface area contributed by atoms with Crippen LogP contribution in [-0.2, 0) is 0 Å². The lowest BCUT2D eigenvalue weighted by Gasteiger charge is -2.41. The number of aliphatic hydroxyl groups is 1. The van der Waals surface area contributed by atoms with Gasteiger partial charge in [-0.25, -0.2) is 5.01 Å². The van der Waals surface area contributed by atoms with Crippen LogP contribution < -0.4 is 5.01 Å². The first-order valence-electron chi connectivity index (χ1n) is 9.43. The minimum Gasteiger partial charge on any atom is -0.367 e. The van der Waals surface area contributed by atoms with E-state index in [1.54, 1.807) is 12.1 Å². The highest BCUT2D eigenvalue weighted by Crippen LogP contribution is 2.38. The lowest BCUT2D eigenvalue weighted by Crippen LogP contribution is -2.48. The van der Waals surface area contributed by atoms with Crippen LogP contribution in [0.15, 0.2) is 30.3 Å². The molecule has 0 spiro atoms. The van der Waals surface area contributed by atoms with E-state index in [1.165, 1.54) is 17.8 Å². The molecule has 2 aromatic heterocycles. The molecule has 1 fully saturated rings. The molecule has 3 aromatic rings. The number of hydrogen-bond donors (Lipinski definition) is 2. The normalized spacial score (nSPS) is 16.2. The van der Waals surface area contributed by atoms with Crippen LogP contribution >= 0.6 is 46.1 Å². The summed E-state index contributed by atoms with van der Waals surface area (Å²) in [5, 5.41) is 23.9. The third-order valence-corrected chi connectivity index (χ3v) is 6.91. The van der Waals surface area contributed by atoms with Crippen molar-refractivity contribution in [2.45, 2.75) is 32.4 Å². The lowest BCUT2D eigenvalue weighted by atomic mass is 10.1. The monoisotopic (exact) mass is 470 g/mol. The Hall–Kier alpha value is -1.28. The van der Waals surface area contributed by atoms with Gasteiger partial charge in [0.25, 0.3) is 0 Å². The number of nitrogens with zero attached hydrogens (tertiary/aromatic N) is 3. The second kappa shape index (κ2) is 8.84. The number of rotatable bonds is 5. The summed E-state index contributed by atoms with van der Waals surface area (Å²) in [7, 11) is 0. The zero-order chi connectivity index (χ0) is 20.5. The summed E-state index contributed by atoms with van der Waals surface area (Å²) in [6, 6.07) is 9.10. The summed E-state index contributed by atoms with van der Waals surface area (Å²) in [6.45, 7) is 3.63. The van der Waals surface area contributed by atoms with E-state index in [0.29, 0.717) is 25.8 Å². The van der Waals surface area contributed by atoms with Crippen molar-refractivity contribution in [3.63, 3.8) is 0 Å². The largest absolute Gasteiger partial charge is 0.367 e. The fourth-order valence-corrected chi connectivity index (χ4v) is 5.25. The predicted octanol–water partition coefficient (Wildman–Crippen LogP) is 6.31. The molecule has 29 heavy (non-hydrogen) atoms. The number of aromatic amines is 1. The molecule has 1 aliphatic heterocycles. The van der Waals surface area contributed by atoms with E-state index in [2.05, 4.69) is 15.2 Å². The highest BCUT2D eigenvalue weighted by molar-refractivity contribution is 7.19. The Bertz CT molecular complexity index is 1000. The van der Waals surface area contributed by atoms with Crippen LogP contribution in [0.1, 0.15) is 36.7 Å². The van der Waals surface area contributed by atoms with Crippen molar-refractivity contribution in [3.8, 4) is 10.6 Å². The van der Waals surface area contributed by atoms with Gasteiger partial charge in [-0.3, -0.25) is 10.1 Å². The zero-order valence-corrected chi connectivity index (χ0v) is 18.9. The van der Waals surface area contributed by atoms with Gasteiger partial charge in [-0.1, -0.05) is 41.2 Å². The third-order valence-electron chi connectivity index (χ3n) is 5.14. The first-order chi connectivity index (χ1) is 14.0. The first kappa shape index (κ1) is 21.0. The molecule has 0 saturated carbocycles. The van der Waals surface area contributed by atoms with Crippen molar-refractivity contribution in [2.24, 2.45) is 0 Å². The first-order valence-corrected chi connectivity index (χ1v) is 11.4. The Morgan fingerprint density at radius 2 is 1.90 bits per heavy atom. The van der Waals surface area contributed by atoms with Gasteiger partial charge in [0.05, 0.1) is 25.6 Å². The van der Waals surface area contributed by atoms with Crippen molar-refractivity contribution in [3.05, 3.63) is 56.0 Å². The van der Waals surface area contributed by atoms with Gasteiger partial charge in [-0.05, 0) is 50.1 Å². The van der Waals surface area contributed by atoms with Crippen molar-refractivity contribution < 1.29 is 5.11 Å². The molecule has 1 aromatic carbocycles. The average molecular weight is 472 g/mol. The lowest BCUT2D eigenvalue weighted by molar-refractivity contribution is 0.0733. The molecule has 9 heteroatoms. The van der Waals surface area contributed by atoms with Crippen molar-refractivity contribution >= 4 is 51.8 Å². The predicted molar refractivity (Wildman–Crippen MR) is 121 cm³/mol. The Balaban J connectivity index is 1.73. The maximum absolute atomic E-state index is 11.4. The topological polar surface area (TPSA) is 55.4 Å². The van der Waals surface area contributed by atoms with Crippen LogP contribution in [0, 0.1) is 6.92 Å². The summed E-state index contributed by atoms with van der Waals surface area (Å²) >= 11 is 20.2. The molecular weight excluding hydrogens is 451 g/mol. The van der Waals surface area contributed by atoms with E-state index in [0.717, 1.165) is 42.1 Å². The molecule has 1 unspecified atom stereocenters. The molecule has 4 rings (SSSR count). The Kier molecular flexibility index (Phi) is 6.39. The number of anilines is 1. The molecule has 0 amide bonds. The summed E-state index contributed by atoms with van der Waals surface area (Å²) in [5.74, 6) is 0. The maximum atomic E-state index is 11.4. The van der Waals surface area contributed by atoms with Crippen LogP contribution in [0.3, 0.4) is 0 Å². The molecule has 2 N–H and O–H groups in total.